The third kappa shape index (κ3) is 7.66. The maximum Gasteiger partial charge on any atom is 0.303 e. The molecule has 0 unspecified atom stereocenters. The summed E-state index contributed by atoms with van der Waals surface area (Å²) < 4.78 is 18.6. The first kappa shape index (κ1) is 17.4. The van der Waals surface area contributed by atoms with Gasteiger partial charge < -0.3 is 15.2 Å². The van der Waals surface area contributed by atoms with Gasteiger partial charge in [0.15, 0.2) is 11.6 Å². The van der Waals surface area contributed by atoms with E-state index in [0.717, 1.165) is 13.0 Å². The maximum atomic E-state index is 13.3. The number of hydrogen-bond acceptors (Lipinski definition) is 3. The molecule has 0 atom stereocenters. The molecular weight excluding hydrogens is 273 g/mol. The number of rotatable bonds is 10. The van der Waals surface area contributed by atoms with Crippen molar-refractivity contribution in [3.63, 3.8) is 0 Å². The summed E-state index contributed by atoms with van der Waals surface area (Å²) in [4.78, 5) is 10.6. The molecule has 2 N–H and O–H groups in total. The Morgan fingerprint density at radius 1 is 1.29 bits per heavy atom. The standard InChI is InChI=1S/C16H24FNO3/c1-16(2,8-7-15(19)20)9-10-18-11-12-21-14-6-4-3-5-13(14)17/h3-6,18H,7-12H2,1-2H3,(H,19,20). The van der Waals surface area contributed by atoms with E-state index in [2.05, 4.69) is 19.2 Å². The van der Waals surface area contributed by atoms with E-state index in [-0.39, 0.29) is 23.4 Å². The van der Waals surface area contributed by atoms with Crippen LogP contribution < -0.4 is 10.1 Å². The summed E-state index contributed by atoms with van der Waals surface area (Å²) in [6, 6.07) is 6.33. The second-order valence-corrected chi connectivity index (χ2v) is 5.84. The SMILES string of the molecule is CC(C)(CCNCCOc1ccccc1F)CCC(=O)O. The zero-order valence-corrected chi connectivity index (χ0v) is 12.7. The summed E-state index contributed by atoms with van der Waals surface area (Å²) in [6.07, 6.45) is 1.75. The van der Waals surface area contributed by atoms with Crippen molar-refractivity contribution < 1.29 is 19.0 Å². The van der Waals surface area contributed by atoms with E-state index in [1.54, 1.807) is 18.2 Å². The zero-order valence-electron chi connectivity index (χ0n) is 12.7. The van der Waals surface area contributed by atoms with Gasteiger partial charge in [-0.25, -0.2) is 4.39 Å². The van der Waals surface area contributed by atoms with Gasteiger partial charge in [-0.05, 0) is 36.9 Å². The largest absolute Gasteiger partial charge is 0.489 e. The monoisotopic (exact) mass is 297 g/mol. The first-order valence-corrected chi connectivity index (χ1v) is 7.20. The summed E-state index contributed by atoms with van der Waals surface area (Å²) in [7, 11) is 0. The van der Waals surface area contributed by atoms with Crippen molar-refractivity contribution in [3.05, 3.63) is 30.1 Å². The van der Waals surface area contributed by atoms with Gasteiger partial charge in [0.05, 0.1) is 0 Å². The highest BCUT2D eigenvalue weighted by Crippen LogP contribution is 2.25. The number of aliphatic carboxylic acids is 1. The maximum absolute atomic E-state index is 13.3. The lowest BCUT2D eigenvalue weighted by Crippen LogP contribution is -2.26. The van der Waals surface area contributed by atoms with Crippen molar-refractivity contribution in [1.82, 2.24) is 5.32 Å². The summed E-state index contributed by atoms with van der Waals surface area (Å²) in [6.45, 7) is 5.94. The van der Waals surface area contributed by atoms with Gasteiger partial charge in [-0.2, -0.15) is 0 Å². The molecule has 1 aromatic carbocycles. The lowest BCUT2D eigenvalue weighted by molar-refractivity contribution is -0.137. The molecule has 0 fully saturated rings. The fourth-order valence-corrected chi connectivity index (χ4v) is 1.92. The molecule has 0 radical (unpaired) electrons. The molecule has 0 heterocycles. The average Bonchev–Trinajstić information content (AvgIpc) is 2.42. The van der Waals surface area contributed by atoms with Crippen molar-refractivity contribution in [2.75, 3.05) is 19.7 Å². The molecule has 118 valence electrons. The van der Waals surface area contributed by atoms with Crippen LogP contribution in [0.1, 0.15) is 33.1 Å². The summed E-state index contributed by atoms with van der Waals surface area (Å²) in [5.41, 5.74) is -0.00220. The molecule has 0 saturated carbocycles. The van der Waals surface area contributed by atoms with E-state index in [0.29, 0.717) is 19.6 Å². The van der Waals surface area contributed by atoms with Gasteiger partial charge in [0.25, 0.3) is 0 Å². The molecule has 0 amide bonds. The predicted octanol–water partition coefficient (Wildman–Crippen LogP) is 3.08. The number of ether oxygens (including phenoxy) is 1. The first-order chi connectivity index (χ1) is 9.91. The Morgan fingerprint density at radius 2 is 2.00 bits per heavy atom. The fraction of sp³-hybridized carbons (Fsp3) is 0.562. The molecule has 1 rings (SSSR count). The van der Waals surface area contributed by atoms with Crippen molar-refractivity contribution in [3.8, 4) is 5.75 Å². The van der Waals surface area contributed by atoms with Crippen LogP contribution in [-0.4, -0.2) is 30.8 Å². The Balaban J connectivity index is 2.12. The van der Waals surface area contributed by atoms with Gasteiger partial charge in [0.2, 0.25) is 0 Å². The van der Waals surface area contributed by atoms with Crippen LogP contribution in [0.25, 0.3) is 0 Å². The topological polar surface area (TPSA) is 58.6 Å². The second kappa shape index (κ2) is 8.62. The molecule has 0 aliphatic rings. The highest BCUT2D eigenvalue weighted by molar-refractivity contribution is 5.66. The van der Waals surface area contributed by atoms with E-state index in [1.807, 2.05) is 0 Å². The lowest BCUT2D eigenvalue weighted by atomic mass is 9.84. The van der Waals surface area contributed by atoms with Gasteiger partial charge in [0.1, 0.15) is 6.61 Å². The van der Waals surface area contributed by atoms with E-state index < -0.39 is 5.97 Å². The fourth-order valence-electron chi connectivity index (χ4n) is 1.92. The smallest absolute Gasteiger partial charge is 0.303 e. The molecule has 4 nitrogen and oxygen atoms in total. The number of halogens is 1. The molecule has 0 bridgehead atoms. The number of hydrogen-bond donors (Lipinski definition) is 2. The Kier molecular flexibility index (Phi) is 7.15. The number of para-hydroxylation sites is 1. The number of carbonyl (C=O) groups is 1. The number of carboxylic acid groups (broad SMARTS) is 1. The minimum atomic E-state index is -0.755. The predicted molar refractivity (Wildman–Crippen MR) is 80.0 cm³/mol. The summed E-state index contributed by atoms with van der Waals surface area (Å²) in [5.74, 6) is -0.845. The molecule has 0 aliphatic heterocycles. The Morgan fingerprint density at radius 3 is 2.67 bits per heavy atom. The van der Waals surface area contributed by atoms with Gasteiger partial charge in [-0.1, -0.05) is 26.0 Å². The van der Waals surface area contributed by atoms with Crippen molar-refractivity contribution >= 4 is 5.97 Å². The molecule has 0 saturated heterocycles. The van der Waals surface area contributed by atoms with Crippen molar-refractivity contribution in [2.24, 2.45) is 5.41 Å². The van der Waals surface area contributed by atoms with E-state index in [1.165, 1.54) is 6.07 Å². The average molecular weight is 297 g/mol. The molecule has 0 spiro atoms. The van der Waals surface area contributed by atoms with Gasteiger partial charge in [-0.3, -0.25) is 4.79 Å². The molecule has 1 aromatic rings. The summed E-state index contributed by atoms with van der Waals surface area (Å²) in [5, 5.41) is 11.9. The van der Waals surface area contributed by atoms with Crippen molar-refractivity contribution in [2.45, 2.75) is 33.1 Å². The molecular formula is C16H24FNO3. The quantitative estimate of drug-likeness (QED) is 0.652. The highest BCUT2D eigenvalue weighted by atomic mass is 19.1. The normalized spacial score (nSPS) is 11.4. The Hall–Kier alpha value is -1.62. The first-order valence-electron chi connectivity index (χ1n) is 7.20. The van der Waals surface area contributed by atoms with Crippen LogP contribution in [0, 0.1) is 11.2 Å². The number of benzene rings is 1. The Bertz CT molecular complexity index is 449. The van der Waals surface area contributed by atoms with Crippen LogP contribution in [0.15, 0.2) is 24.3 Å². The molecule has 0 aromatic heterocycles. The van der Waals surface area contributed by atoms with Crippen LogP contribution in [0.5, 0.6) is 5.75 Å². The van der Waals surface area contributed by atoms with E-state index in [4.69, 9.17) is 9.84 Å². The Labute approximate surface area is 125 Å². The van der Waals surface area contributed by atoms with Crippen molar-refractivity contribution in [1.29, 1.82) is 0 Å². The third-order valence-corrected chi connectivity index (χ3v) is 3.37. The highest BCUT2D eigenvalue weighted by Gasteiger charge is 2.18. The molecule has 0 aliphatic carbocycles. The van der Waals surface area contributed by atoms with Crippen LogP contribution in [0.4, 0.5) is 4.39 Å². The van der Waals surface area contributed by atoms with Crippen LogP contribution in [0.2, 0.25) is 0 Å². The molecule has 5 heteroatoms. The summed E-state index contributed by atoms with van der Waals surface area (Å²) >= 11 is 0. The van der Waals surface area contributed by atoms with Crippen LogP contribution in [-0.2, 0) is 4.79 Å². The number of nitrogens with one attached hydrogen (secondary N) is 1. The van der Waals surface area contributed by atoms with Gasteiger partial charge in [-0.15, -0.1) is 0 Å². The van der Waals surface area contributed by atoms with Crippen LogP contribution >= 0.6 is 0 Å². The van der Waals surface area contributed by atoms with Gasteiger partial charge in [0, 0.05) is 13.0 Å². The van der Waals surface area contributed by atoms with E-state index in [9.17, 15) is 9.18 Å². The number of carboxylic acids is 1. The zero-order chi connectivity index (χ0) is 15.7. The minimum Gasteiger partial charge on any atom is -0.489 e. The second-order valence-electron chi connectivity index (χ2n) is 5.84. The lowest BCUT2D eigenvalue weighted by Gasteiger charge is -2.23. The van der Waals surface area contributed by atoms with E-state index >= 15 is 0 Å². The van der Waals surface area contributed by atoms with Gasteiger partial charge >= 0.3 is 5.97 Å². The molecule has 21 heavy (non-hydrogen) atoms. The third-order valence-electron chi connectivity index (χ3n) is 3.37. The minimum absolute atomic E-state index is 0.00220. The van der Waals surface area contributed by atoms with Crippen LogP contribution in [0.3, 0.4) is 0 Å².